The first-order chi connectivity index (χ1) is 5.79. The molecule has 0 spiro atoms. The lowest BCUT2D eigenvalue weighted by Crippen LogP contribution is -2.04. The Morgan fingerprint density at radius 1 is 1.33 bits per heavy atom. The average Bonchev–Trinajstić information content (AvgIpc) is 2.05. The second-order valence-electron chi connectivity index (χ2n) is 2.29. The van der Waals surface area contributed by atoms with Crippen LogP contribution in [0.3, 0.4) is 0 Å². The van der Waals surface area contributed by atoms with Crippen LogP contribution in [0.25, 0.3) is 0 Å². The van der Waals surface area contributed by atoms with Crippen LogP contribution in [0.15, 0.2) is 30.3 Å². The Balaban J connectivity index is 2.29. The fourth-order valence-electron chi connectivity index (χ4n) is 0.883. The molecule has 12 heavy (non-hydrogen) atoms. The molecule has 4 nitrogen and oxygen atoms in total. The molecule has 0 unspecified atom stereocenters. The van der Waals surface area contributed by atoms with Crippen LogP contribution in [0.4, 0.5) is 0 Å². The Morgan fingerprint density at radius 2 is 2.00 bits per heavy atom. The van der Waals surface area contributed by atoms with Crippen LogP contribution in [-0.2, 0) is 11.3 Å². The summed E-state index contributed by atoms with van der Waals surface area (Å²) in [6.07, 6.45) is 0.571. The Hall–Kier alpha value is -1.58. The zero-order valence-corrected chi connectivity index (χ0v) is 6.47. The third kappa shape index (κ3) is 3.01. The summed E-state index contributed by atoms with van der Waals surface area (Å²) in [4.78, 5) is 13.9. The van der Waals surface area contributed by atoms with E-state index in [9.17, 15) is 10.1 Å². The first-order valence-corrected chi connectivity index (χ1v) is 3.60. The standard InChI is InChI=1S/C8H9NO3/c10-9(11)12-7-6-8-4-2-1-3-5-8/h1-5H,6-7H2. The molecule has 0 heterocycles. The number of rotatable bonds is 4. The highest BCUT2D eigenvalue weighted by Gasteiger charge is 1.95. The summed E-state index contributed by atoms with van der Waals surface area (Å²) in [5.74, 6) is 0. The molecule has 1 aromatic rings. The summed E-state index contributed by atoms with van der Waals surface area (Å²) in [6, 6.07) is 9.49. The molecule has 0 fully saturated rings. The van der Waals surface area contributed by atoms with Crippen LogP contribution >= 0.6 is 0 Å². The van der Waals surface area contributed by atoms with Gasteiger partial charge >= 0.3 is 0 Å². The number of benzene rings is 1. The van der Waals surface area contributed by atoms with Gasteiger partial charge in [-0.1, -0.05) is 30.3 Å². The van der Waals surface area contributed by atoms with Crippen LogP contribution in [0, 0.1) is 10.1 Å². The summed E-state index contributed by atoms with van der Waals surface area (Å²) >= 11 is 0. The normalized spacial score (nSPS) is 9.33. The molecule has 4 heteroatoms. The van der Waals surface area contributed by atoms with Crippen molar-refractivity contribution in [1.29, 1.82) is 0 Å². The Bertz CT molecular complexity index is 248. The van der Waals surface area contributed by atoms with Gasteiger partial charge in [-0.3, -0.25) is 0 Å². The topological polar surface area (TPSA) is 52.4 Å². The zero-order chi connectivity index (χ0) is 8.81. The van der Waals surface area contributed by atoms with Crippen LogP contribution in [0.1, 0.15) is 5.56 Å². The summed E-state index contributed by atoms with van der Waals surface area (Å²) in [5, 5.41) is 9.00. The van der Waals surface area contributed by atoms with Gasteiger partial charge in [-0.05, 0) is 12.0 Å². The maximum Gasteiger partial charge on any atom is 0.294 e. The Kier molecular flexibility index (Phi) is 3.07. The number of hydrogen-bond donors (Lipinski definition) is 0. The maximum atomic E-state index is 9.77. The monoisotopic (exact) mass is 167 g/mol. The summed E-state index contributed by atoms with van der Waals surface area (Å²) in [6.45, 7) is 0.122. The number of nitrogens with zero attached hydrogens (tertiary/aromatic N) is 1. The average molecular weight is 167 g/mol. The highest BCUT2D eigenvalue weighted by molar-refractivity contribution is 5.14. The molecule has 0 radical (unpaired) electrons. The van der Waals surface area contributed by atoms with Gasteiger partial charge in [0, 0.05) is 0 Å². The van der Waals surface area contributed by atoms with Gasteiger partial charge in [0.05, 0.1) is 0 Å². The Morgan fingerprint density at radius 3 is 2.58 bits per heavy atom. The van der Waals surface area contributed by atoms with Crippen molar-refractivity contribution in [2.75, 3.05) is 6.61 Å². The third-order valence-corrected chi connectivity index (χ3v) is 1.43. The van der Waals surface area contributed by atoms with Gasteiger partial charge in [-0.2, -0.15) is 0 Å². The van der Waals surface area contributed by atoms with Crippen molar-refractivity contribution in [3.8, 4) is 0 Å². The van der Waals surface area contributed by atoms with E-state index in [0.29, 0.717) is 6.42 Å². The van der Waals surface area contributed by atoms with E-state index in [0.717, 1.165) is 5.56 Å². The number of hydrogen-bond acceptors (Lipinski definition) is 3. The highest BCUT2D eigenvalue weighted by atomic mass is 16.9. The largest absolute Gasteiger partial charge is 0.314 e. The van der Waals surface area contributed by atoms with E-state index in [1.165, 1.54) is 0 Å². The van der Waals surface area contributed by atoms with Crippen molar-refractivity contribution in [2.24, 2.45) is 0 Å². The smallest absolute Gasteiger partial charge is 0.294 e. The molecule has 0 atom stereocenters. The van der Waals surface area contributed by atoms with E-state index >= 15 is 0 Å². The Labute approximate surface area is 69.9 Å². The fourth-order valence-corrected chi connectivity index (χ4v) is 0.883. The molecule has 64 valence electrons. The van der Waals surface area contributed by atoms with Gasteiger partial charge in [0.1, 0.15) is 6.61 Å². The van der Waals surface area contributed by atoms with Crippen LogP contribution < -0.4 is 0 Å². The SMILES string of the molecule is O=[N+]([O-])OCCc1ccccc1. The van der Waals surface area contributed by atoms with E-state index in [2.05, 4.69) is 4.84 Å². The van der Waals surface area contributed by atoms with Crippen LogP contribution in [0.5, 0.6) is 0 Å². The molecular weight excluding hydrogens is 158 g/mol. The van der Waals surface area contributed by atoms with E-state index in [1.807, 2.05) is 30.3 Å². The zero-order valence-electron chi connectivity index (χ0n) is 6.47. The lowest BCUT2D eigenvalue weighted by Gasteiger charge is -1.98. The van der Waals surface area contributed by atoms with E-state index in [-0.39, 0.29) is 6.61 Å². The quantitative estimate of drug-likeness (QED) is 0.503. The van der Waals surface area contributed by atoms with Gasteiger partial charge in [0.15, 0.2) is 0 Å². The fraction of sp³-hybridized carbons (Fsp3) is 0.250. The predicted molar refractivity (Wildman–Crippen MR) is 43.1 cm³/mol. The lowest BCUT2D eigenvalue weighted by molar-refractivity contribution is -0.757. The minimum atomic E-state index is -0.775. The van der Waals surface area contributed by atoms with Gasteiger partial charge in [0.25, 0.3) is 5.09 Å². The van der Waals surface area contributed by atoms with Gasteiger partial charge in [-0.15, -0.1) is 10.1 Å². The molecule has 0 bridgehead atoms. The maximum absolute atomic E-state index is 9.77. The molecule has 0 saturated heterocycles. The van der Waals surface area contributed by atoms with Crippen molar-refractivity contribution in [1.82, 2.24) is 0 Å². The molecule has 0 aliphatic rings. The van der Waals surface area contributed by atoms with Crippen molar-refractivity contribution < 1.29 is 9.92 Å². The van der Waals surface area contributed by atoms with E-state index < -0.39 is 5.09 Å². The minimum Gasteiger partial charge on any atom is -0.314 e. The first kappa shape index (κ1) is 8.52. The third-order valence-electron chi connectivity index (χ3n) is 1.43. The molecule has 1 aromatic carbocycles. The lowest BCUT2D eigenvalue weighted by atomic mass is 10.2. The summed E-state index contributed by atoms with van der Waals surface area (Å²) in [5.41, 5.74) is 1.04. The molecule has 1 rings (SSSR count). The second kappa shape index (κ2) is 4.33. The van der Waals surface area contributed by atoms with Gasteiger partial charge in [-0.25, -0.2) is 0 Å². The summed E-state index contributed by atoms with van der Waals surface area (Å²) < 4.78 is 0. The first-order valence-electron chi connectivity index (χ1n) is 3.60. The van der Waals surface area contributed by atoms with Crippen LogP contribution in [0.2, 0.25) is 0 Å². The van der Waals surface area contributed by atoms with Gasteiger partial charge < -0.3 is 4.84 Å². The minimum absolute atomic E-state index is 0.122. The molecule has 0 saturated carbocycles. The molecule has 0 amide bonds. The summed E-state index contributed by atoms with van der Waals surface area (Å²) in [7, 11) is 0. The van der Waals surface area contributed by atoms with E-state index in [1.54, 1.807) is 0 Å². The highest BCUT2D eigenvalue weighted by Crippen LogP contribution is 1.99. The second-order valence-corrected chi connectivity index (χ2v) is 2.29. The predicted octanol–water partition coefficient (Wildman–Crippen LogP) is 1.44. The van der Waals surface area contributed by atoms with Crippen molar-refractivity contribution in [3.63, 3.8) is 0 Å². The van der Waals surface area contributed by atoms with E-state index in [4.69, 9.17) is 0 Å². The van der Waals surface area contributed by atoms with Crippen molar-refractivity contribution >= 4 is 0 Å². The molecule has 0 aliphatic carbocycles. The molecule has 0 aromatic heterocycles. The molecule has 0 N–H and O–H groups in total. The van der Waals surface area contributed by atoms with Crippen molar-refractivity contribution in [2.45, 2.75) is 6.42 Å². The van der Waals surface area contributed by atoms with Crippen molar-refractivity contribution in [3.05, 3.63) is 46.0 Å². The molecular formula is C8H9NO3. The molecule has 0 aliphatic heterocycles. The van der Waals surface area contributed by atoms with Gasteiger partial charge in [0.2, 0.25) is 0 Å². The van der Waals surface area contributed by atoms with Crippen LogP contribution in [-0.4, -0.2) is 11.7 Å².